The van der Waals surface area contributed by atoms with Crippen molar-refractivity contribution in [2.24, 2.45) is 0 Å². The monoisotopic (exact) mass is 298 g/mol. The fourth-order valence-electron chi connectivity index (χ4n) is 1.65. The van der Waals surface area contributed by atoms with Crippen LogP contribution in [0.25, 0.3) is 0 Å². The zero-order chi connectivity index (χ0) is 12.7. The van der Waals surface area contributed by atoms with E-state index in [9.17, 15) is 4.79 Å². The summed E-state index contributed by atoms with van der Waals surface area (Å²) in [5, 5.41) is 6.14. The van der Waals surface area contributed by atoms with Gasteiger partial charge in [0.2, 0.25) is 5.91 Å². The minimum absolute atomic E-state index is 0.0199. The van der Waals surface area contributed by atoms with Crippen LogP contribution in [0.4, 0.5) is 0 Å². The lowest BCUT2D eigenvalue weighted by Gasteiger charge is -2.14. The average molecular weight is 299 g/mol. The molecule has 0 fully saturated rings. The van der Waals surface area contributed by atoms with Crippen molar-refractivity contribution in [3.63, 3.8) is 0 Å². The predicted molar refractivity (Wildman–Crippen MR) is 74.0 cm³/mol. The van der Waals surface area contributed by atoms with Crippen LogP contribution >= 0.6 is 15.9 Å². The maximum Gasteiger partial charge on any atom is 0.216 e. The van der Waals surface area contributed by atoms with Crippen LogP contribution in [-0.4, -0.2) is 25.0 Å². The van der Waals surface area contributed by atoms with Gasteiger partial charge in [0.05, 0.1) is 0 Å². The zero-order valence-electron chi connectivity index (χ0n) is 10.3. The highest BCUT2D eigenvalue weighted by Crippen LogP contribution is 2.12. The van der Waals surface area contributed by atoms with E-state index in [4.69, 9.17) is 0 Å². The number of rotatable bonds is 6. The lowest BCUT2D eigenvalue weighted by atomic mass is 10.1. The van der Waals surface area contributed by atoms with Crippen molar-refractivity contribution in [2.75, 3.05) is 13.1 Å². The average Bonchev–Trinajstić information content (AvgIpc) is 2.24. The topological polar surface area (TPSA) is 41.1 Å². The van der Waals surface area contributed by atoms with Gasteiger partial charge in [0.15, 0.2) is 0 Å². The van der Waals surface area contributed by atoms with E-state index in [1.807, 2.05) is 12.1 Å². The lowest BCUT2D eigenvalue weighted by molar-refractivity contribution is -0.118. The Bertz CT molecular complexity index is 368. The number of halogens is 1. The Morgan fingerprint density at radius 3 is 2.82 bits per heavy atom. The van der Waals surface area contributed by atoms with Gasteiger partial charge in [0.25, 0.3) is 0 Å². The first-order valence-electron chi connectivity index (χ1n) is 5.80. The lowest BCUT2D eigenvalue weighted by Crippen LogP contribution is -2.35. The summed E-state index contributed by atoms with van der Waals surface area (Å²) >= 11 is 3.46. The second-order valence-corrected chi connectivity index (χ2v) is 5.09. The van der Waals surface area contributed by atoms with E-state index in [0.29, 0.717) is 12.6 Å². The second-order valence-electron chi connectivity index (χ2n) is 4.17. The van der Waals surface area contributed by atoms with E-state index >= 15 is 0 Å². The van der Waals surface area contributed by atoms with Crippen molar-refractivity contribution in [3.8, 4) is 0 Å². The first kappa shape index (κ1) is 14.2. The van der Waals surface area contributed by atoms with Gasteiger partial charge in [-0.05, 0) is 31.0 Å². The first-order valence-corrected chi connectivity index (χ1v) is 6.59. The van der Waals surface area contributed by atoms with Crippen LogP contribution < -0.4 is 10.6 Å². The Hall–Kier alpha value is -0.870. The second kappa shape index (κ2) is 7.45. The summed E-state index contributed by atoms with van der Waals surface area (Å²) in [6.45, 7) is 5.16. The van der Waals surface area contributed by atoms with Gasteiger partial charge in [0.1, 0.15) is 0 Å². The maximum absolute atomic E-state index is 10.7. The molecular formula is C13H19BrN2O. The van der Waals surface area contributed by atoms with Gasteiger partial charge < -0.3 is 10.6 Å². The Labute approximate surface area is 111 Å². The summed E-state index contributed by atoms with van der Waals surface area (Å²) in [5.74, 6) is 0.0199. The molecule has 1 atom stereocenters. The third-order valence-electron chi connectivity index (χ3n) is 2.42. The van der Waals surface area contributed by atoms with Crippen LogP contribution in [0.15, 0.2) is 28.7 Å². The highest BCUT2D eigenvalue weighted by molar-refractivity contribution is 9.10. The van der Waals surface area contributed by atoms with E-state index in [-0.39, 0.29) is 5.91 Å². The van der Waals surface area contributed by atoms with Crippen molar-refractivity contribution in [3.05, 3.63) is 34.3 Å². The van der Waals surface area contributed by atoms with Crippen LogP contribution in [0.5, 0.6) is 0 Å². The van der Waals surface area contributed by atoms with E-state index < -0.39 is 0 Å². The maximum atomic E-state index is 10.7. The molecule has 0 saturated carbocycles. The van der Waals surface area contributed by atoms with Gasteiger partial charge in [-0.2, -0.15) is 0 Å². The third kappa shape index (κ3) is 6.44. The number of carbonyl (C=O) groups excluding carboxylic acids is 1. The Kier molecular flexibility index (Phi) is 6.22. The van der Waals surface area contributed by atoms with Gasteiger partial charge in [-0.15, -0.1) is 0 Å². The molecule has 0 radical (unpaired) electrons. The molecule has 0 spiro atoms. The summed E-state index contributed by atoms with van der Waals surface area (Å²) in [7, 11) is 0. The fourth-order valence-corrected chi connectivity index (χ4v) is 2.09. The van der Waals surface area contributed by atoms with Crippen LogP contribution in [0, 0.1) is 0 Å². The molecular weight excluding hydrogens is 280 g/mol. The summed E-state index contributed by atoms with van der Waals surface area (Å²) in [4.78, 5) is 10.7. The van der Waals surface area contributed by atoms with E-state index in [1.54, 1.807) is 0 Å². The minimum atomic E-state index is 0.0199. The molecule has 2 N–H and O–H groups in total. The van der Waals surface area contributed by atoms with Crippen molar-refractivity contribution in [1.82, 2.24) is 10.6 Å². The highest BCUT2D eigenvalue weighted by Gasteiger charge is 2.03. The number of carbonyl (C=O) groups is 1. The van der Waals surface area contributed by atoms with Crippen LogP contribution in [0.1, 0.15) is 19.4 Å². The SMILES string of the molecule is CC(=O)NCCN[C@@H](C)Cc1cccc(Br)c1. The number of hydrogen-bond acceptors (Lipinski definition) is 2. The normalized spacial score (nSPS) is 12.2. The largest absolute Gasteiger partial charge is 0.355 e. The quantitative estimate of drug-likeness (QED) is 0.790. The number of hydrogen-bond donors (Lipinski definition) is 2. The summed E-state index contributed by atoms with van der Waals surface area (Å²) in [6.07, 6.45) is 0.986. The zero-order valence-corrected chi connectivity index (χ0v) is 11.9. The fraction of sp³-hybridized carbons (Fsp3) is 0.462. The molecule has 17 heavy (non-hydrogen) atoms. The molecule has 1 aromatic carbocycles. The molecule has 0 unspecified atom stereocenters. The highest BCUT2D eigenvalue weighted by atomic mass is 79.9. The van der Waals surface area contributed by atoms with E-state index in [0.717, 1.165) is 17.4 Å². The van der Waals surface area contributed by atoms with Gasteiger partial charge in [-0.3, -0.25) is 4.79 Å². The van der Waals surface area contributed by atoms with Crippen molar-refractivity contribution in [2.45, 2.75) is 26.3 Å². The summed E-state index contributed by atoms with van der Waals surface area (Å²) < 4.78 is 1.11. The molecule has 0 aliphatic rings. The van der Waals surface area contributed by atoms with Crippen LogP contribution in [-0.2, 0) is 11.2 Å². The van der Waals surface area contributed by atoms with Crippen LogP contribution in [0.2, 0.25) is 0 Å². The number of amides is 1. The minimum Gasteiger partial charge on any atom is -0.355 e. The molecule has 0 bridgehead atoms. The molecule has 1 aromatic rings. The Balaban J connectivity index is 2.25. The molecule has 0 aliphatic heterocycles. The summed E-state index contributed by atoms with van der Waals surface area (Å²) in [6, 6.07) is 8.72. The van der Waals surface area contributed by atoms with Crippen molar-refractivity contribution in [1.29, 1.82) is 0 Å². The summed E-state index contributed by atoms with van der Waals surface area (Å²) in [5.41, 5.74) is 1.30. The Morgan fingerprint density at radius 1 is 1.41 bits per heavy atom. The van der Waals surface area contributed by atoms with E-state index in [2.05, 4.69) is 45.6 Å². The standard InChI is InChI=1S/C13H19BrN2O/c1-10(15-6-7-16-11(2)17)8-12-4-3-5-13(14)9-12/h3-5,9-10,15H,6-8H2,1-2H3,(H,16,17)/t10-/m0/s1. The number of nitrogens with one attached hydrogen (secondary N) is 2. The third-order valence-corrected chi connectivity index (χ3v) is 2.92. The van der Waals surface area contributed by atoms with Crippen LogP contribution in [0.3, 0.4) is 0 Å². The Morgan fingerprint density at radius 2 is 2.18 bits per heavy atom. The molecule has 0 heterocycles. The first-order chi connectivity index (χ1) is 8.08. The predicted octanol–water partition coefficient (Wildman–Crippen LogP) is 2.11. The van der Waals surface area contributed by atoms with Gasteiger partial charge >= 0.3 is 0 Å². The molecule has 0 aromatic heterocycles. The molecule has 3 nitrogen and oxygen atoms in total. The van der Waals surface area contributed by atoms with Crippen molar-refractivity contribution >= 4 is 21.8 Å². The molecule has 0 saturated heterocycles. The van der Waals surface area contributed by atoms with Gasteiger partial charge in [-0.1, -0.05) is 28.1 Å². The number of benzene rings is 1. The molecule has 4 heteroatoms. The molecule has 94 valence electrons. The molecule has 1 amide bonds. The smallest absolute Gasteiger partial charge is 0.216 e. The van der Waals surface area contributed by atoms with Gasteiger partial charge in [0, 0.05) is 30.5 Å². The molecule has 1 rings (SSSR count). The van der Waals surface area contributed by atoms with Crippen molar-refractivity contribution < 1.29 is 4.79 Å². The van der Waals surface area contributed by atoms with E-state index in [1.165, 1.54) is 12.5 Å². The molecule has 0 aliphatic carbocycles. The van der Waals surface area contributed by atoms with Gasteiger partial charge in [-0.25, -0.2) is 0 Å².